The molecule has 1 heteroatoms. The van der Waals surface area contributed by atoms with Gasteiger partial charge in [-0.25, -0.2) is 0 Å². The third-order valence-electron chi connectivity index (χ3n) is 2.79. The van der Waals surface area contributed by atoms with Crippen LogP contribution in [-0.2, 0) is 0 Å². The van der Waals surface area contributed by atoms with Crippen molar-refractivity contribution >= 4 is 0 Å². The molecule has 1 aromatic rings. The molecular formula is C16H24O. The second kappa shape index (κ2) is 6.61. The highest BCUT2D eigenvalue weighted by molar-refractivity contribution is 5.20. The van der Waals surface area contributed by atoms with Crippen molar-refractivity contribution in [1.82, 2.24) is 0 Å². The Balaban J connectivity index is 2.65. The fraction of sp³-hybridized carbons (Fsp3) is 0.500. The average molecular weight is 232 g/mol. The summed E-state index contributed by atoms with van der Waals surface area (Å²) in [6.07, 6.45) is 6.33. The monoisotopic (exact) mass is 232 g/mol. The Morgan fingerprint density at radius 1 is 1.18 bits per heavy atom. The minimum absolute atomic E-state index is 0.237. The van der Waals surface area contributed by atoms with Crippen molar-refractivity contribution in [2.24, 2.45) is 5.41 Å². The molecule has 0 heterocycles. The van der Waals surface area contributed by atoms with Crippen LogP contribution in [0.3, 0.4) is 0 Å². The largest absolute Gasteiger partial charge is 0.396 e. The fourth-order valence-corrected chi connectivity index (χ4v) is 1.89. The number of aliphatic hydroxyl groups is 1. The van der Waals surface area contributed by atoms with Crippen molar-refractivity contribution in [2.75, 3.05) is 6.61 Å². The van der Waals surface area contributed by atoms with E-state index in [1.165, 1.54) is 5.56 Å². The van der Waals surface area contributed by atoms with E-state index in [0.717, 1.165) is 12.8 Å². The van der Waals surface area contributed by atoms with E-state index in [-0.39, 0.29) is 12.0 Å². The number of rotatable bonds is 5. The Bertz CT molecular complexity index is 332. The van der Waals surface area contributed by atoms with Crippen LogP contribution >= 0.6 is 0 Å². The summed E-state index contributed by atoms with van der Waals surface area (Å²) in [7, 11) is 0. The van der Waals surface area contributed by atoms with Crippen molar-refractivity contribution in [3.8, 4) is 0 Å². The molecule has 1 aromatic carbocycles. The molecule has 0 saturated carbocycles. The fourth-order valence-electron chi connectivity index (χ4n) is 1.89. The standard InChI is InChI=1S/C16H24O/c1-16(2,3)12-7-10-15(11-13-17)14-8-5-4-6-9-14/h4-9,12,15,17H,10-11,13H2,1-3H3/b12-7+. The summed E-state index contributed by atoms with van der Waals surface area (Å²) in [4.78, 5) is 0. The smallest absolute Gasteiger partial charge is 0.0436 e. The van der Waals surface area contributed by atoms with Crippen molar-refractivity contribution in [1.29, 1.82) is 0 Å². The second-order valence-electron chi connectivity index (χ2n) is 5.62. The topological polar surface area (TPSA) is 20.2 Å². The SMILES string of the molecule is CC(C)(C)/C=C/CC(CCO)c1ccccc1. The van der Waals surface area contributed by atoms with Gasteiger partial charge in [0.25, 0.3) is 0 Å². The quantitative estimate of drug-likeness (QED) is 0.756. The summed E-state index contributed by atoms with van der Waals surface area (Å²) >= 11 is 0. The van der Waals surface area contributed by atoms with E-state index < -0.39 is 0 Å². The first-order chi connectivity index (χ1) is 8.03. The van der Waals surface area contributed by atoms with Crippen LogP contribution in [0.15, 0.2) is 42.5 Å². The van der Waals surface area contributed by atoms with E-state index in [4.69, 9.17) is 5.11 Å². The van der Waals surface area contributed by atoms with Gasteiger partial charge in [0.2, 0.25) is 0 Å². The number of hydrogen-bond donors (Lipinski definition) is 1. The Morgan fingerprint density at radius 2 is 1.82 bits per heavy atom. The summed E-state index contributed by atoms with van der Waals surface area (Å²) in [5, 5.41) is 9.13. The van der Waals surface area contributed by atoms with Gasteiger partial charge in [0.15, 0.2) is 0 Å². The van der Waals surface area contributed by atoms with Crippen LogP contribution in [0.2, 0.25) is 0 Å². The Hall–Kier alpha value is -1.08. The normalized spacial score (nSPS) is 14.1. The van der Waals surface area contributed by atoms with Crippen LogP contribution in [0.5, 0.6) is 0 Å². The van der Waals surface area contributed by atoms with Gasteiger partial charge >= 0.3 is 0 Å². The molecular weight excluding hydrogens is 208 g/mol. The third kappa shape index (κ3) is 5.69. The number of allylic oxidation sites excluding steroid dienone is 2. The zero-order valence-electron chi connectivity index (χ0n) is 11.2. The van der Waals surface area contributed by atoms with Crippen molar-refractivity contribution in [3.05, 3.63) is 48.0 Å². The maximum absolute atomic E-state index is 9.13. The number of aliphatic hydroxyl groups excluding tert-OH is 1. The zero-order valence-corrected chi connectivity index (χ0v) is 11.2. The maximum Gasteiger partial charge on any atom is 0.0436 e. The van der Waals surface area contributed by atoms with Gasteiger partial charge in [-0.3, -0.25) is 0 Å². The number of benzene rings is 1. The van der Waals surface area contributed by atoms with Crippen LogP contribution in [0.4, 0.5) is 0 Å². The molecule has 0 spiro atoms. The van der Waals surface area contributed by atoms with E-state index in [9.17, 15) is 0 Å². The lowest BCUT2D eigenvalue weighted by molar-refractivity contribution is 0.275. The van der Waals surface area contributed by atoms with Crippen LogP contribution in [0, 0.1) is 5.41 Å². The third-order valence-corrected chi connectivity index (χ3v) is 2.79. The van der Waals surface area contributed by atoms with Gasteiger partial charge in [-0.15, -0.1) is 0 Å². The molecule has 1 rings (SSSR count). The summed E-state index contributed by atoms with van der Waals surface area (Å²) < 4.78 is 0. The summed E-state index contributed by atoms with van der Waals surface area (Å²) in [5.74, 6) is 0.430. The van der Waals surface area contributed by atoms with Gasteiger partial charge in [0, 0.05) is 6.61 Å². The molecule has 1 N–H and O–H groups in total. The number of hydrogen-bond acceptors (Lipinski definition) is 1. The van der Waals surface area contributed by atoms with Crippen LogP contribution in [0.1, 0.15) is 45.1 Å². The van der Waals surface area contributed by atoms with Crippen LogP contribution in [-0.4, -0.2) is 11.7 Å². The second-order valence-corrected chi connectivity index (χ2v) is 5.62. The highest BCUT2D eigenvalue weighted by Gasteiger charge is 2.10. The van der Waals surface area contributed by atoms with E-state index in [2.05, 4.69) is 57.2 Å². The van der Waals surface area contributed by atoms with Crippen molar-refractivity contribution in [3.63, 3.8) is 0 Å². The van der Waals surface area contributed by atoms with Crippen LogP contribution in [0.25, 0.3) is 0 Å². The highest BCUT2D eigenvalue weighted by atomic mass is 16.3. The molecule has 0 radical (unpaired) electrons. The molecule has 0 aromatic heterocycles. The zero-order chi connectivity index (χ0) is 12.7. The van der Waals surface area contributed by atoms with Gasteiger partial charge in [-0.2, -0.15) is 0 Å². The van der Waals surface area contributed by atoms with Gasteiger partial charge in [0.1, 0.15) is 0 Å². The van der Waals surface area contributed by atoms with Crippen LogP contribution < -0.4 is 0 Å². The molecule has 94 valence electrons. The first-order valence-corrected chi connectivity index (χ1v) is 6.36. The molecule has 0 amide bonds. The van der Waals surface area contributed by atoms with E-state index >= 15 is 0 Å². The Morgan fingerprint density at radius 3 is 2.35 bits per heavy atom. The average Bonchev–Trinajstić information content (AvgIpc) is 2.27. The van der Waals surface area contributed by atoms with Gasteiger partial charge in [-0.1, -0.05) is 63.3 Å². The molecule has 0 aliphatic rings. The molecule has 0 bridgehead atoms. The lowest BCUT2D eigenvalue weighted by Gasteiger charge is -2.16. The van der Waals surface area contributed by atoms with Gasteiger partial charge < -0.3 is 5.11 Å². The molecule has 1 atom stereocenters. The van der Waals surface area contributed by atoms with E-state index in [1.54, 1.807) is 0 Å². The predicted octanol–water partition coefficient (Wildman–Crippen LogP) is 4.15. The predicted molar refractivity (Wildman–Crippen MR) is 74.1 cm³/mol. The molecule has 0 fully saturated rings. The first-order valence-electron chi connectivity index (χ1n) is 6.36. The summed E-state index contributed by atoms with van der Waals surface area (Å²) in [5.41, 5.74) is 1.56. The van der Waals surface area contributed by atoms with Gasteiger partial charge in [0.05, 0.1) is 0 Å². The molecule has 17 heavy (non-hydrogen) atoms. The Labute approximate surface area is 105 Å². The van der Waals surface area contributed by atoms with Crippen molar-refractivity contribution in [2.45, 2.75) is 39.5 Å². The lowest BCUT2D eigenvalue weighted by atomic mass is 9.90. The molecule has 0 saturated heterocycles. The van der Waals surface area contributed by atoms with Gasteiger partial charge in [-0.05, 0) is 29.7 Å². The minimum Gasteiger partial charge on any atom is -0.396 e. The minimum atomic E-state index is 0.237. The van der Waals surface area contributed by atoms with E-state index in [0.29, 0.717) is 5.92 Å². The van der Waals surface area contributed by atoms with E-state index in [1.807, 2.05) is 6.07 Å². The maximum atomic E-state index is 9.13. The molecule has 0 aliphatic heterocycles. The summed E-state index contributed by atoms with van der Waals surface area (Å²) in [6, 6.07) is 10.4. The lowest BCUT2D eigenvalue weighted by Crippen LogP contribution is -2.02. The molecule has 1 unspecified atom stereocenters. The summed E-state index contributed by atoms with van der Waals surface area (Å²) in [6.45, 7) is 6.86. The molecule has 0 aliphatic carbocycles. The first kappa shape index (κ1) is 14.0. The molecule has 1 nitrogen and oxygen atoms in total. The highest BCUT2D eigenvalue weighted by Crippen LogP contribution is 2.25. The Kier molecular flexibility index (Phi) is 5.43. The van der Waals surface area contributed by atoms with Crippen molar-refractivity contribution < 1.29 is 5.11 Å².